The smallest absolute Gasteiger partial charge is 0.129 e. The van der Waals surface area contributed by atoms with Crippen LogP contribution in [0.25, 0.3) is 11.1 Å². The molecule has 1 heterocycles. The monoisotopic (exact) mass is 285 g/mol. The molecule has 4 heteroatoms. The van der Waals surface area contributed by atoms with E-state index in [1.165, 1.54) is 12.8 Å². The summed E-state index contributed by atoms with van der Waals surface area (Å²) in [5, 5.41) is 4.59. The van der Waals surface area contributed by atoms with Gasteiger partial charge in [-0.3, -0.25) is 4.68 Å². The fourth-order valence-corrected chi connectivity index (χ4v) is 2.48. The molecule has 1 fully saturated rings. The Morgan fingerprint density at radius 3 is 2.52 bits per heavy atom. The van der Waals surface area contributed by atoms with Gasteiger partial charge in [0.1, 0.15) is 11.6 Å². The van der Waals surface area contributed by atoms with Crippen LogP contribution in [0.3, 0.4) is 0 Å². The summed E-state index contributed by atoms with van der Waals surface area (Å²) in [5.74, 6) is 2.76. The molecule has 1 aromatic heterocycles. The van der Waals surface area contributed by atoms with Gasteiger partial charge in [-0.2, -0.15) is 5.10 Å². The standard InChI is InChI=1S/C17H23N3O/c1-11(2)10-21-14-8-6-12(7-9-14)15-16(13-4-5-13)19-20(3)17(15)18/h6-9,11,13H,4-5,10,18H2,1-3H3. The Bertz CT molecular complexity index is 624. The Morgan fingerprint density at radius 2 is 1.95 bits per heavy atom. The van der Waals surface area contributed by atoms with Crippen LogP contribution in [-0.2, 0) is 7.05 Å². The van der Waals surface area contributed by atoms with Crippen LogP contribution in [-0.4, -0.2) is 16.4 Å². The third kappa shape index (κ3) is 2.89. The number of nitrogen functional groups attached to an aromatic ring is 1. The molecule has 112 valence electrons. The van der Waals surface area contributed by atoms with Gasteiger partial charge in [0.25, 0.3) is 0 Å². The van der Waals surface area contributed by atoms with Crippen molar-refractivity contribution in [3.8, 4) is 16.9 Å². The summed E-state index contributed by atoms with van der Waals surface area (Å²) in [7, 11) is 1.91. The molecule has 0 aliphatic heterocycles. The molecular weight excluding hydrogens is 262 g/mol. The normalized spacial score (nSPS) is 14.7. The minimum atomic E-state index is 0.528. The van der Waals surface area contributed by atoms with Crippen LogP contribution in [0.2, 0.25) is 0 Å². The average Bonchev–Trinajstić information content (AvgIpc) is 3.25. The molecule has 0 radical (unpaired) electrons. The molecule has 0 amide bonds. The summed E-state index contributed by atoms with van der Waals surface area (Å²) < 4.78 is 7.52. The van der Waals surface area contributed by atoms with Crippen molar-refractivity contribution in [3.63, 3.8) is 0 Å². The number of hydrogen-bond acceptors (Lipinski definition) is 3. The van der Waals surface area contributed by atoms with E-state index in [2.05, 4.69) is 31.1 Å². The Balaban J connectivity index is 1.87. The van der Waals surface area contributed by atoms with E-state index in [1.807, 2.05) is 19.2 Å². The summed E-state index contributed by atoms with van der Waals surface area (Å²) in [4.78, 5) is 0. The van der Waals surface area contributed by atoms with Crippen LogP contribution < -0.4 is 10.5 Å². The topological polar surface area (TPSA) is 53.1 Å². The van der Waals surface area contributed by atoms with Crippen molar-refractivity contribution in [3.05, 3.63) is 30.0 Å². The fourth-order valence-electron chi connectivity index (χ4n) is 2.48. The second-order valence-corrected chi connectivity index (χ2v) is 6.27. The summed E-state index contributed by atoms with van der Waals surface area (Å²) >= 11 is 0. The Kier molecular flexibility index (Phi) is 3.62. The Labute approximate surface area is 125 Å². The predicted octanol–water partition coefficient (Wildman–Crippen LogP) is 3.58. The lowest BCUT2D eigenvalue weighted by Crippen LogP contribution is -2.04. The third-order valence-corrected chi connectivity index (χ3v) is 3.81. The van der Waals surface area contributed by atoms with E-state index in [-0.39, 0.29) is 0 Å². The zero-order chi connectivity index (χ0) is 15.0. The molecule has 0 spiro atoms. The SMILES string of the molecule is CC(C)COc1ccc(-c2c(C3CC3)nn(C)c2N)cc1. The Morgan fingerprint density at radius 1 is 1.29 bits per heavy atom. The van der Waals surface area contributed by atoms with E-state index < -0.39 is 0 Å². The molecule has 21 heavy (non-hydrogen) atoms. The number of hydrogen-bond donors (Lipinski definition) is 1. The average molecular weight is 285 g/mol. The second kappa shape index (κ2) is 5.43. The van der Waals surface area contributed by atoms with Crippen molar-refractivity contribution in [1.82, 2.24) is 9.78 Å². The number of anilines is 1. The van der Waals surface area contributed by atoms with E-state index in [4.69, 9.17) is 10.5 Å². The number of nitrogens with two attached hydrogens (primary N) is 1. The van der Waals surface area contributed by atoms with Gasteiger partial charge in [-0.25, -0.2) is 0 Å². The molecule has 1 aliphatic rings. The number of ether oxygens (including phenoxy) is 1. The van der Waals surface area contributed by atoms with Gasteiger partial charge in [0, 0.05) is 18.5 Å². The lowest BCUT2D eigenvalue weighted by molar-refractivity contribution is 0.271. The molecule has 3 rings (SSSR count). The molecule has 2 aromatic rings. The van der Waals surface area contributed by atoms with E-state index in [0.717, 1.165) is 35.0 Å². The van der Waals surface area contributed by atoms with Gasteiger partial charge in [-0.1, -0.05) is 26.0 Å². The molecule has 0 bridgehead atoms. The number of benzene rings is 1. The highest BCUT2D eigenvalue weighted by Crippen LogP contribution is 2.45. The molecule has 0 unspecified atom stereocenters. The van der Waals surface area contributed by atoms with Gasteiger partial charge in [0.15, 0.2) is 0 Å². The van der Waals surface area contributed by atoms with Crippen molar-refractivity contribution in [1.29, 1.82) is 0 Å². The van der Waals surface area contributed by atoms with Gasteiger partial charge in [-0.15, -0.1) is 0 Å². The van der Waals surface area contributed by atoms with Crippen molar-refractivity contribution in [2.45, 2.75) is 32.6 Å². The van der Waals surface area contributed by atoms with Gasteiger partial charge >= 0.3 is 0 Å². The zero-order valence-electron chi connectivity index (χ0n) is 13.0. The third-order valence-electron chi connectivity index (χ3n) is 3.81. The summed E-state index contributed by atoms with van der Waals surface area (Å²) in [6.07, 6.45) is 2.44. The molecule has 1 aliphatic carbocycles. The predicted molar refractivity (Wildman–Crippen MR) is 85.4 cm³/mol. The Hall–Kier alpha value is -1.97. The number of nitrogens with zero attached hydrogens (tertiary/aromatic N) is 2. The molecule has 1 saturated carbocycles. The maximum Gasteiger partial charge on any atom is 0.129 e. The maximum atomic E-state index is 6.21. The first-order valence-corrected chi connectivity index (χ1v) is 7.62. The summed E-state index contributed by atoms with van der Waals surface area (Å²) in [6.45, 7) is 5.03. The van der Waals surface area contributed by atoms with Crippen molar-refractivity contribution >= 4 is 5.82 Å². The highest BCUT2D eigenvalue weighted by molar-refractivity contribution is 5.77. The zero-order valence-corrected chi connectivity index (χ0v) is 13.0. The second-order valence-electron chi connectivity index (χ2n) is 6.27. The van der Waals surface area contributed by atoms with E-state index in [0.29, 0.717) is 11.8 Å². The summed E-state index contributed by atoms with van der Waals surface area (Å²) in [5.41, 5.74) is 9.57. The molecule has 0 atom stereocenters. The van der Waals surface area contributed by atoms with Crippen LogP contribution in [0.4, 0.5) is 5.82 Å². The van der Waals surface area contributed by atoms with Gasteiger partial charge in [0.2, 0.25) is 0 Å². The van der Waals surface area contributed by atoms with Crippen LogP contribution in [0.1, 0.15) is 38.3 Å². The number of aryl methyl sites for hydroxylation is 1. The molecule has 4 nitrogen and oxygen atoms in total. The first-order valence-electron chi connectivity index (χ1n) is 7.62. The largest absolute Gasteiger partial charge is 0.493 e. The van der Waals surface area contributed by atoms with Crippen molar-refractivity contribution < 1.29 is 4.74 Å². The van der Waals surface area contributed by atoms with Gasteiger partial charge < -0.3 is 10.5 Å². The molecule has 0 saturated heterocycles. The van der Waals surface area contributed by atoms with E-state index in [9.17, 15) is 0 Å². The molecular formula is C17H23N3O. The lowest BCUT2D eigenvalue weighted by Gasteiger charge is -2.09. The van der Waals surface area contributed by atoms with Crippen LogP contribution in [0.5, 0.6) is 5.75 Å². The summed E-state index contributed by atoms with van der Waals surface area (Å²) in [6, 6.07) is 8.19. The fraction of sp³-hybridized carbons (Fsp3) is 0.471. The highest BCUT2D eigenvalue weighted by Gasteiger charge is 2.31. The quantitative estimate of drug-likeness (QED) is 0.913. The van der Waals surface area contributed by atoms with E-state index >= 15 is 0 Å². The van der Waals surface area contributed by atoms with Crippen LogP contribution in [0.15, 0.2) is 24.3 Å². The molecule has 2 N–H and O–H groups in total. The first-order chi connectivity index (χ1) is 10.1. The van der Waals surface area contributed by atoms with E-state index in [1.54, 1.807) is 4.68 Å². The highest BCUT2D eigenvalue weighted by atomic mass is 16.5. The number of aromatic nitrogens is 2. The number of rotatable bonds is 5. The minimum absolute atomic E-state index is 0.528. The minimum Gasteiger partial charge on any atom is -0.493 e. The van der Waals surface area contributed by atoms with Gasteiger partial charge in [-0.05, 0) is 36.5 Å². The van der Waals surface area contributed by atoms with Crippen LogP contribution >= 0.6 is 0 Å². The van der Waals surface area contributed by atoms with Crippen LogP contribution in [0, 0.1) is 5.92 Å². The maximum absolute atomic E-state index is 6.21. The molecule has 1 aromatic carbocycles. The lowest BCUT2D eigenvalue weighted by atomic mass is 10.0. The first kappa shape index (κ1) is 14.0. The van der Waals surface area contributed by atoms with Crippen molar-refractivity contribution in [2.75, 3.05) is 12.3 Å². The van der Waals surface area contributed by atoms with Crippen molar-refractivity contribution in [2.24, 2.45) is 13.0 Å². The van der Waals surface area contributed by atoms with Gasteiger partial charge in [0.05, 0.1) is 12.3 Å².